The van der Waals surface area contributed by atoms with Gasteiger partial charge in [0.25, 0.3) is 21.6 Å². The van der Waals surface area contributed by atoms with Crippen molar-refractivity contribution in [3.8, 4) is 0 Å². The highest BCUT2D eigenvalue weighted by Crippen LogP contribution is 2.24. The van der Waals surface area contributed by atoms with Gasteiger partial charge in [0, 0.05) is 12.1 Å². The number of benzene rings is 3. The zero-order valence-electron chi connectivity index (χ0n) is 15.6. The molecule has 0 spiro atoms. The fraction of sp³-hybridized carbons (Fsp3) is 0.0500. The highest BCUT2D eigenvalue weighted by atomic mass is 32.2. The molecular formula is C20H16FN3O5S. The third-order valence-electron chi connectivity index (χ3n) is 4.13. The molecule has 0 saturated heterocycles. The first-order chi connectivity index (χ1) is 14.2. The number of nitro benzene ring substituents is 1. The number of hydrogen-bond acceptors (Lipinski definition) is 5. The van der Waals surface area contributed by atoms with Crippen LogP contribution in [-0.4, -0.2) is 19.2 Å². The van der Waals surface area contributed by atoms with Crippen molar-refractivity contribution in [2.45, 2.75) is 11.8 Å². The molecule has 0 atom stereocenters. The van der Waals surface area contributed by atoms with E-state index >= 15 is 0 Å². The summed E-state index contributed by atoms with van der Waals surface area (Å²) >= 11 is 0. The van der Waals surface area contributed by atoms with Crippen LogP contribution in [0.1, 0.15) is 15.9 Å². The second-order valence-corrected chi connectivity index (χ2v) is 8.03. The van der Waals surface area contributed by atoms with Crippen LogP contribution in [-0.2, 0) is 10.0 Å². The first-order valence-corrected chi connectivity index (χ1v) is 10.1. The van der Waals surface area contributed by atoms with Gasteiger partial charge in [-0.15, -0.1) is 0 Å². The van der Waals surface area contributed by atoms with Gasteiger partial charge in [-0.3, -0.25) is 19.6 Å². The zero-order valence-corrected chi connectivity index (χ0v) is 16.4. The van der Waals surface area contributed by atoms with E-state index in [1.165, 1.54) is 48.5 Å². The first-order valence-electron chi connectivity index (χ1n) is 8.61. The summed E-state index contributed by atoms with van der Waals surface area (Å²) < 4.78 is 41.6. The lowest BCUT2D eigenvalue weighted by atomic mass is 10.1. The maximum atomic E-state index is 14.0. The van der Waals surface area contributed by atoms with Gasteiger partial charge in [-0.05, 0) is 42.8 Å². The lowest BCUT2D eigenvalue weighted by molar-refractivity contribution is -0.385. The minimum Gasteiger partial charge on any atom is -0.319 e. The second kappa shape index (κ2) is 8.29. The molecular weight excluding hydrogens is 413 g/mol. The molecule has 3 rings (SSSR count). The fourth-order valence-corrected chi connectivity index (χ4v) is 3.77. The Hall–Kier alpha value is -3.79. The molecule has 0 radical (unpaired) electrons. The Kier molecular flexibility index (Phi) is 5.79. The smallest absolute Gasteiger partial charge is 0.270 e. The van der Waals surface area contributed by atoms with E-state index in [-0.39, 0.29) is 21.8 Å². The summed E-state index contributed by atoms with van der Waals surface area (Å²) in [5.74, 6) is -1.35. The van der Waals surface area contributed by atoms with Crippen molar-refractivity contribution in [2.75, 3.05) is 10.0 Å². The van der Waals surface area contributed by atoms with Gasteiger partial charge in [0.05, 0.1) is 26.8 Å². The molecule has 1 amide bonds. The van der Waals surface area contributed by atoms with Gasteiger partial charge in [0.1, 0.15) is 5.82 Å². The van der Waals surface area contributed by atoms with Crippen molar-refractivity contribution in [1.82, 2.24) is 0 Å². The number of anilines is 2. The van der Waals surface area contributed by atoms with E-state index in [2.05, 4.69) is 10.0 Å². The molecule has 0 aromatic heterocycles. The van der Waals surface area contributed by atoms with Crippen LogP contribution >= 0.6 is 0 Å². The van der Waals surface area contributed by atoms with E-state index in [0.717, 1.165) is 12.1 Å². The number of halogens is 1. The third kappa shape index (κ3) is 4.61. The summed E-state index contributed by atoms with van der Waals surface area (Å²) in [6, 6.07) is 14.5. The number of amides is 1. The third-order valence-corrected chi connectivity index (χ3v) is 5.49. The summed E-state index contributed by atoms with van der Waals surface area (Å²) in [7, 11) is -4.22. The van der Waals surface area contributed by atoms with E-state index in [0.29, 0.717) is 5.56 Å². The molecule has 0 heterocycles. The largest absolute Gasteiger partial charge is 0.319 e. The van der Waals surface area contributed by atoms with Gasteiger partial charge in [-0.25, -0.2) is 12.8 Å². The summed E-state index contributed by atoms with van der Waals surface area (Å²) in [5.41, 5.74) is 0.122. The van der Waals surface area contributed by atoms with Gasteiger partial charge in [-0.1, -0.05) is 24.3 Å². The van der Waals surface area contributed by atoms with Crippen LogP contribution in [0.5, 0.6) is 0 Å². The van der Waals surface area contributed by atoms with Gasteiger partial charge in [0.15, 0.2) is 0 Å². The van der Waals surface area contributed by atoms with Crippen molar-refractivity contribution in [3.05, 3.63) is 93.8 Å². The molecule has 0 aliphatic carbocycles. The minimum atomic E-state index is -4.22. The van der Waals surface area contributed by atoms with Crippen LogP contribution in [0.3, 0.4) is 0 Å². The Morgan fingerprint density at radius 2 is 1.73 bits per heavy atom. The molecule has 0 aliphatic heterocycles. The summed E-state index contributed by atoms with van der Waals surface area (Å²) in [6.07, 6.45) is 0. The number of nitrogens with one attached hydrogen (secondary N) is 2. The van der Waals surface area contributed by atoms with Crippen molar-refractivity contribution < 1.29 is 22.5 Å². The normalized spacial score (nSPS) is 11.0. The van der Waals surface area contributed by atoms with Crippen LogP contribution in [0.15, 0.2) is 71.6 Å². The molecule has 0 unspecified atom stereocenters. The number of nitro groups is 1. The number of aryl methyl sites for hydroxylation is 1. The van der Waals surface area contributed by atoms with Crippen LogP contribution in [0.25, 0.3) is 0 Å². The molecule has 0 saturated carbocycles. The highest BCUT2D eigenvalue weighted by molar-refractivity contribution is 7.92. The maximum absolute atomic E-state index is 14.0. The van der Waals surface area contributed by atoms with E-state index in [1.807, 2.05) is 0 Å². The molecule has 0 aliphatic rings. The van der Waals surface area contributed by atoms with Gasteiger partial charge < -0.3 is 5.32 Å². The molecule has 30 heavy (non-hydrogen) atoms. The Bertz CT molecular complexity index is 1240. The van der Waals surface area contributed by atoms with Crippen molar-refractivity contribution in [3.63, 3.8) is 0 Å². The SMILES string of the molecule is Cc1ccc(NC(=O)c2ccccc2NS(=O)(=O)c2cccc([N+](=O)[O-])c2)c(F)c1. The van der Waals surface area contributed by atoms with Crippen LogP contribution < -0.4 is 10.0 Å². The maximum Gasteiger partial charge on any atom is 0.270 e. The number of carbonyl (C=O) groups excluding carboxylic acids is 1. The van der Waals surface area contributed by atoms with E-state index in [4.69, 9.17) is 0 Å². The number of sulfonamides is 1. The Morgan fingerprint density at radius 3 is 2.43 bits per heavy atom. The Labute approximate surface area is 171 Å². The lowest BCUT2D eigenvalue weighted by Gasteiger charge is -2.13. The quantitative estimate of drug-likeness (QED) is 0.452. The molecule has 3 aromatic rings. The monoisotopic (exact) mass is 429 g/mol. The molecule has 8 nitrogen and oxygen atoms in total. The van der Waals surface area contributed by atoms with E-state index in [9.17, 15) is 27.7 Å². The Morgan fingerprint density at radius 1 is 1.00 bits per heavy atom. The molecule has 10 heteroatoms. The predicted octanol–water partition coefficient (Wildman–Crippen LogP) is 4.10. The summed E-state index contributed by atoms with van der Waals surface area (Å²) in [4.78, 5) is 22.5. The Balaban J connectivity index is 1.90. The number of non-ortho nitro benzene ring substituents is 1. The van der Waals surface area contributed by atoms with Gasteiger partial charge in [0.2, 0.25) is 0 Å². The standard InChI is InChI=1S/C20H16FN3O5S/c1-13-9-10-19(17(21)11-13)22-20(25)16-7-2-3-8-18(16)23-30(28,29)15-6-4-5-14(12-15)24(26)27/h2-12,23H,1H3,(H,22,25). The van der Waals surface area contributed by atoms with Crippen molar-refractivity contribution in [2.24, 2.45) is 0 Å². The van der Waals surface area contributed by atoms with Crippen molar-refractivity contribution >= 4 is 33.0 Å². The second-order valence-electron chi connectivity index (χ2n) is 6.34. The number of nitrogens with zero attached hydrogens (tertiary/aromatic N) is 1. The van der Waals surface area contributed by atoms with Gasteiger partial charge in [-0.2, -0.15) is 0 Å². The van der Waals surface area contributed by atoms with Gasteiger partial charge >= 0.3 is 0 Å². The van der Waals surface area contributed by atoms with Crippen LogP contribution in [0, 0.1) is 22.9 Å². The summed E-state index contributed by atoms with van der Waals surface area (Å²) in [6.45, 7) is 1.70. The molecule has 154 valence electrons. The lowest BCUT2D eigenvalue weighted by Crippen LogP contribution is -2.19. The van der Waals surface area contributed by atoms with Crippen molar-refractivity contribution in [1.29, 1.82) is 0 Å². The summed E-state index contributed by atoms with van der Waals surface area (Å²) in [5, 5.41) is 13.3. The average Bonchev–Trinajstić information content (AvgIpc) is 2.70. The number of para-hydroxylation sites is 1. The first kappa shape index (κ1) is 20.9. The zero-order chi connectivity index (χ0) is 21.9. The molecule has 0 fully saturated rings. The van der Waals surface area contributed by atoms with E-state index in [1.54, 1.807) is 13.0 Å². The topological polar surface area (TPSA) is 118 Å². The number of rotatable bonds is 6. The minimum absolute atomic E-state index is 0.0496. The number of carbonyl (C=O) groups is 1. The van der Waals surface area contributed by atoms with E-state index < -0.39 is 32.4 Å². The fourth-order valence-electron chi connectivity index (χ4n) is 2.65. The van der Waals surface area contributed by atoms with Crippen LogP contribution in [0.2, 0.25) is 0 Å². The average molecular weight is 429 g/mol. The number of hydrogen-bond donors (Lipinski definition) is 2. The highest BCUT2D eigenvalue weighted by Gasteiger charge is 2.21. The van der Waals surface area contributed by atoms with Crippen LogP contribution in [0.4, 0.5) is 21.5 Å². The molecule has 0 bridgehead atoms. The molecule has 2 N–H and O–H groups in total. The molecule has 3 aromatic carbocycles. The predicted molar refractivity (Wildman–Crippen MR) is 109 cm³/mol.